The Hall–Kier alpha value is -2.44. The third kappa shape index (κ3) is 4.46. The van der Waals surface area contributed by atoms with E-state index < -0.39 is 20.0 Å². The summed E-state index contributed by atoms with van der Waals surface area (Å²) in [6.45, 7) is 7.82. The maximum Gasteiger partial charge on any atom is 0.405 e. The monoisotopic (exact) mass is 385 g/mol. The van der Waals surface area contributed by atoms with E-state index in [9.17, 15) is 9.59 Å². The first-order valence-electron chi connectivity index (χ1n) is 8.84. The lowest BCUT2D eigenvalue weighted by atomic mass is 10.1. The van der Waals surface area contributed by atoms with E-state index in [1.807, 2.05) is 36.4 Å². The Morgan fingerprint density at radius 1 is 0.963 bits per heavy atom. The summed E-state index contributed by atoms with van der Waals surface area (Å²) >= 11 is 0. The lowest BCUT2D eigenvalue weighted by Crippen LogP contribution is -2.67. The number of aldehydes is 1. The average molecular weight is 386 g/mol. The predicted molar refractivity (Wildman–Crippen MR) is 109 cm³/mol. The fraction of sp³-hybridized carbons (Fsp3) is 0.333. The van der Waals surface area contributed by atoms with Crippen LogP contribution in [-0.2, 0) is 14.0 Å². The van der Waals surface area contributed by atoms with Crippen molar-refractivity contribution in [2.45, 2.75) is 38.3 Å². The molecule has 2 aromatic rings. The number of hydrogen-bond acceptors (Lipinski definition) is 4. The third-order valence-corrected chi connectivity index (χ3v) is 9.56. The van der Waals surface area contributed by atoms with Crippen LogP contribution in [0.3, 0.4) is 0 Å². The van der Waals surface area contributed by atoms with Crippen LogP contribution in [0.25, 0.3) is 0 Å². The molecule has 2 N–H and O–H groups in total. The van der Waals surface area contributed by atoms with Crippen LogP contribution in [-0.4, -0.2) is 32.9 Å². The van der Waals surface area contributed by atoms with Gasteiger partial charge < -0.3 is 14.9 Å². The van der Waals surface area contributed by atoms with E-state index >= 15 is 0 Å². The quantitative estimate of drug-likeness (QED) is 0.587. The largest absolute Gasteiger partial charge is 0.433 e. The van der Waals surface area contributed by atoms with Gasteiger partial charge in [-0.3, -0.25) is 4.79 Å². The summed E-state index contributed by atoms with van der Waals surface area (Å²) in [6, 6.07) is 20.1. The first-order chi connectivity index (χ1) is 12.6. The number of ether oxygens (including phenoxy) is 1. The lowest BCUT2D eigenvalue weighted by Gasteiger charge is -2.44. The van der Waals surface area contributed by atoms with Crippen LogP contribution in [0.2, 0.25) is 5.04 Å². The zero-order valence-corrected chi connectivity index (χ0v) is 17.3. The van der Waals surface area contributed by atoms with Crippen molar-refractivity contribution in [1.29, 1.82) is 0 Å². The zero-order chi connectivity index (χ0) is 20.1. The molecule has 0 spiro atoms. The minimum atomic E-state index is -2.82. The normalized spacial score (nSPS) is 14.2. The molecule has 5 nitrogen and oxygen atoms in total. The molecule has 0 fully saturated rings. The molecule has 0 aromatic heterocycles. The number of carbonyl (C=O) groups excluding carboxylic acids is 2. The second-order valence-corrected chi connectivity index (χ2v) is 12.1. The Kier molecular flexibility index (Phi) is 6.23. The minimum absolute atomic E-state index is 0.0767. The number of nitrogens with two attached hydrogens (primary N) is 1. The van der Waals surface area contributed by atoms with Gasteiger partial charge in [0.2, 0.25) is 0 Å². The summed E-state index contributed by atoms with van der Waals surface area (Å²) in [5.74, 6) is 0. The number of rotatable bonds is 7. The number of hydrogen-bond donors (Lipinski definition) is 1. The summed E-state index contributed by atoms with van der Waals surface area (Å²) in [7, 11) is -2.82. The molecule has 0 aliphatic rings. The average Bonchev–Trinajstić information content (AvgIpc) is 2.62. The predicted octanol–water partition coefficient (Wildman–Crippen LogP) is 2.62. The van der Waals surface area contributed by atoms with Gasteiger partial charge in [-0.05, 0) is 22.3 Å². The second kappa shape index (κ2) is 8.06. The molecular weight excluding hydrogens is 358 g/mol. The summed E-state index contributed by atoms with van der Waals surface area (Å²) < 4.78 is 11.6. The molecule has 0 radical (unpaired) electrons. The molecule has 0 saturated heterocycles. The van der Waals surface area contributed by atoms with Crippen molar-refractivity contribution in [1.82, 2.24) is 0 Å². The lowest BCUT2D eigenvalue weighted by molar-refractivity contribution is -0.125. The topological polar surface area (TPSA) is 78.6 Å². The second-order valence-electron chi connectivity index (χ2n) is 7.80. The first kappa shape index (κ1) is 20.9. The number of benzene rings is 2. The highest BCUT2D eigenvalue weighted by Crippen LogP contribution is 2.37. The molecule has 1 amide bonds. The van der Waals surface area contributed by atoms with Crippen molar-refractivity contribution >= 4 is 31.1 Å². The van der Waals surface area contributed by atoms with E-state index in [0.29, 0.717) is 6.29 Å². The number of carbonyl (C=O) groups is 2. The third-order valence-electron chi connectivity index (χ3n) is 4.58. The van der Waals surface area contributed by atoms with Gasteiger partial charge in [0.25, 0.3) is 8.32 Å². The Labute approximate surface area is 161 Å². The van der Waals surface area contributed by atoms with Crippen molar-refractivity contribution < 1.29 is 18.8 Å². The van der Waals surface area contributed by atoms with Crippen LogP contribution in [0.15, 0.2) is 60.7 Å². The molecule has 0 heterocycles. The van der Waals surface area contributed by atoms with Crippen LogP contribution in [0.4, 0.5) is 4.79 Å². The Morgan fingerprint density at radius 2 is 1.41 bits per heavy atom. The molecule has 0 aliphatic heterocycles. The highest BCUT2D eigenvalue weighted by Gasteiger charge is 2.51. The van der Waals surface area contributed by atoms with Crippen molar-refractivity contribution in [2.75, 3.05) is 6.61 Å². The van der Waals surface area contributed by atoms with Gasteiger partial charge >= 0.3 is 6.09 Å². The molecular formula is C21H27NO4Si. The molecule has 6 heteroatoms. The Balaban J connectivity index is 2.59. The highest BCUT2D eigenvalue weighted by molar-refractivity contribution is 6.99. The maximum absolute atomic E-state index is 11.6. The van der Waals surface area contributed by atoms with Crippen LogP contribution in [0.5, 0.6) is 0 Å². The van der Waals surface area contributed by atoms with Gasteiger partial charge in [0.1, 0.15) is 0 Å². The van der Waals surface area contributed by atoms with E-state index in [2.05, 4.69) is 45.0 Å². The van der Waals surface area contributed by atoms with Gasteiger partial charge in [0.05, 0.1) is 6.61 Å². The van der Waals surface area contributed by atoms with E-state index in [0.717, 1.165) is 10.4 Å². The van der Waals surface area contributed by atoms with Gasteiger partial charge in [-0.1, -0.05) is 81.4 Å². The summed E-state index contributed by atoms with van der Waals surface area (Å²) in [5.41, 5.74) is 3.69. The van der Waals surface area contributed by atoms with Crippen LogP contribution < -0.4 is 16.1 Å². The van der Waals surface area contributed by atoms with Crippen molar-refractivity contribution in [3.63, 3.8) is 0 Å². The van der Waals surface area contributed by atoms with E-state index in [4.69, 9.17) is 14.9 Å². The fourth-order valence-electron chi connectivity index (χ4n) is 3.33. The Morgan fingerprint density at radius 3 is 1.74 bits per heavy atom. The SMILES string of the molecule is CC(C=O)(CO[Si](c1ccccc1)(c1ccccc1)C(C)(C)C)OC(N)=O. The molecule has 1 unspecified atom stereocenters. The molecule has 1 atom stereocenters. The number of primary amides is 1. The van der Waals surface area contributed by atoms with Gasteiger partial charge in [0.15, 0.2) is 11.9 Å². The van der Waals surface area contributed by atoms with Crippen molar-refractivity contribution in [3.8, 4) is 0 Å². The van der Waals surface area contributed by atoms with Crippen LogP contribution >= 0.6 is 0 Å². The van der Waals surface area contributed by atoms with Crippen molar-refractivity contribution in [2.24, 2.45) is 5.73 Å². The molecule has 0 bridgehead atoms. The highest BCUT2D eigenvalue weighted by atomic mass is 28.4. The van der Waals surface area contributed by atoms with Crippen molar-refractivity contribution in [3.05, 3.63) is 60.7 Å². The summed E-state index contributed by atoms with van der Waals surface area (Å²) in [6.07, 6.45) is -0.439. The fourth-order valence-corrected chi connectivity index (χ4v) is 7.99. The van der Waals surface area contributed by atoms with E-state index in [1.54, 1.807) is 0 Å². The van der Waals surface area contributed by atoms with Gasteiger partial charge in [-0.15, -0.1) is 0 Å². The standard InChI is InChI=1S/C21H27NO4Si/c1-20(2,3)27(17-11-7-5-8-12-17,18-13-9-6-10-14-18)25-16-21(4,15-23)26-19(22)24/h5-15H,16H2,1-4H3,(H2,22,24). The van der Waals surface area contributed by atoms with E-state index in [-0.39, 0.29) is 11.6 Å². The summed E-state index contributed by atoms with van der Waals surface area (Å²) in [4.78, 5) is 22.8. The van der Waals surface area contributed by atoms with Crippen LogP contribution in [0, 0.1) is 0 Å². The van der Waals surface area contributed by atoms with Gasteiger partial charge in [-0.25, -0.2) is 4.79 Å². The number of amides is 1. The maximum atomic E-state index is 11.6. The Bertz CT molecular complexity index is 734. The molecule has 0 aliphatic carbocycles. The van der Waals surface area contributed by atoms with Gasteiger partial charge in [0, 0.05) is 0 Å². The molecule has 2 aromatic carbocycles. The smallest absolute Gasteiger partial charge is 0.405 e. The zero-order valence-electron chi connectivity index (χ0n) is 16.3. The summed E-state index contributed by atoms with van der Waals surface area (Å²) in [5, 5.41) is 1.92. The molecule has 0 saturated carbocycles. The molecule has 27 heavy (non-hydrogen) atoms. The van der Waals surface area contributed by atoms with E-state index in [1.165, 1.54) is 6.92 Å². The van der Waals surface area contributed by atoms with Crippen LogP contribution in [0.1, 0.15) is 27.7 Å². The first-order valence-corrected chi connectivity index (χ1v) is 10.8. The minimum Gasteiger partial charge on any atom is -0.433 e. The molecule has 2 rings (SSSR count). The van der Waals surface area contributed by atoms with Gasteiger partial charge in [-0.2, -0.15) is 0 Å². The molecule has 144 valence electrons.